The zero-order valence-electron chi connectivity index (χ0n) is 37.7. The Balaban J connectivity index is 0.828. The van der Waals surface area contributed by atoms with Crippen LogP contribution in [0.5, 0.6) is 11.5 Å². The Kier molecular flexibility index (Phi) is 11.1. The van der Waals surface area contributed by atoms with E-state index in [4.69, 9.17) is 18.9 Å². The quantitative estimate of drug-likeness (QED) is 0.202. The number of carbonyl (C=O) groups is 1. The first-order valence-electron chi connectivity index (χ1n) is 26.5. The summed E-state index contributed by atoms with van der Waals surface area (Å²) in [6.07, 6.45) is 30.3. The summed E-state index contributed by atoms with van der Waals surface area (Å²) in [5.41, 5.74) is 6.49. The van der Waals surface area contributed by atoms with Crippen LogP contribution in [-0.2, 0) is 33.1 Å². The van der Waals surface area contributed by atoms with Crippen molar-refractivity contribution in [3.8, 4) is 11.5 Å². The molecular weight excluding hydrogens is 769 g/mol. The lowest BCUT2D eigenvalue weighted by atomic mass is 9.53. The highest BCUT2D eigenvalue weighted by atomic mass is 16.8. The molecule has 7 heteroatoms. The molecule has 4 bridgehead atoms. The van der Waals surface area contributed by atoms with Crippen LogP contribution in [0.15, 0.2) is 36.4 Å². The van der Waals surface area contributed by atoms with E-state index in [2.05, 4.69) is 47.0 Å². The van der Waals surface area contributed by atoms with Crippen LogP contribution in [0, 0.1) is 47.3 Å². The molecule has 2 aromatic carbocycles. The lowest BCUT2D eigenvalue weighted by molar-refractivity contribution is -0.154. The predicted octanol–water partition coefficient (Wildman–Crippen LogP) is 11.9. The van der Waals surface area contributed by atoms with Gasteiger partial charge in [0.05, 0.1) is 0 Å². The maximum Gasteiger partial charge on any atom is 0.514 e. The van der Waals surface area contributed by atoms with Crippen LogP contribution in [0.2, 0.25) is 0 Å². The van der Waals surface area contributed by atoms with Crippen LogP contribution in [0.4, 0.5) is 4.79 Å². The fourth-order valence-corrected chi connectivity index (χ4v) is 17.2. The molecule has 2 aliphatic heterocycles. The number of benzene rings is 2. The lowest BCUT2D eigenvalue weighted by Crippen LogP contribution is -2.59. The summed E-state index contributed by atoms with van der Waals surface area (Å²) in [5.74, 6) is 6.41. The molecule has 2 N–H and O–H groups in total. The van der Waals surface area contributed by atoms with E-state index in [1.165, 1.54) is 151 Å². The zero-order valence-corrected chi connectivity index (χ0v) is 37.7. The molecule has 336 valence electrons. The van der Waals surface area contributed by atoms with E-state index < -0.39 is 18.7 Å². The SMILES string of the molecule is O=C(OC(Oc1ccc2c(c1)[C@@]13CCCC[C@H]1[C@@H](C2)NCC3)C1CCC2CCCCC2C1)OC(Oc1ccc2c(c1)[C@@]13CCCC[C@H]1[C@@H](C2)NCC3)C1CCC2CCCCC2C1. The van der Waals surface area contributed by atoms with Crippen molar-refractivity contribution in [3.05, 3.63) is 58.7 Å². The van der Waals surface area contributed by atoms with E-state index >= 15 is 0 Å². The Morgan fingerprint density at radius 3 is 1.45 bits per heavy atom. The van der Waals surface area contributed by atoms with Crippen molar-refractivity contribution < 1.29 is 23.7 Å². The van der Waals surface area contributed by atoms with Gasteiger partial charge in [0.15, 0.2) is 0 Å². The van der Waals surface area contributed by atoms with E-state index in [9.17, 15) is 4.79 Å². The van der Waals surface area contributed by atoms with Crippen LogP contribution >= 0.6 is 0 Å². The summed E-state index contributed by atoms with van der Waals surface area (Å²) in [6, 6.07) is 15.0. The van der Waals surface area contributed by atoms with Crippen LogP contribution in [0.1, 0.15) is 176 Å². The molecule has 0 spiro atoms. The first-order valence-corrected chi connectivity index (χ1v) is 26.5. The van der Waals surface area contributed by atoms with Crippen LogP contribution < -0.4 is 20.1 Å². The average molecular weight is 845 g/mol. The number of carbonyl (C=O) groups excluding carboxylic acids is 1. The monoisotopic (exact) mass is 845 g/mol. The van der Waals surface area contributed by atoms with Crippen molar-refractivity contribution >= 4 is 6.16 Å². The molecule has 8 fully saturated rings. The standard InChI is InChI=1S/C55H76N2O5/c58-53(61-51(41-17-15-35-9-1-3-11-37(35)29-41)59-43-21-19-39-31-49-45-13-5-7-23-54(45,25-27-56-49)47(39)33-43)62-52(42-18-16-36-10-2-4-12-38(36)30-42)60-44-22-20-40-32-50-46-14-6-8-24-55(46,26-28-57-50)48(40)34-44/h19-22,33-38,41-42,45-46,49-52,56-57H,1-18,23-32H2/t35?,36?,37?,38?,41?,42?,45-,46-,49+,50+,51?,52?,54+,55+/m0/s1. The minimum Gasteiger partial charge on any atom is -0.454 e. The van der Waals surface area contributed by atoms with Gasteiger partial charge in [0.2, 0.25) is 0 Å². The molecule has 8 unspecified atom stereocenters. The molecule has 0 aromatic heterocycles. The molecule has 8 aliphatic carbocycles. The molecule has 7 nitrogen and oxygen atoms in total. The highest BCUT2D eigenvalue weighted by molar-refractivity contribution is 5.60. The first kappa shape index (κ1) is 40.7. The Morgan fingerprint density at radius 1 is 0.516 bits per heavy atom. The Hall–Kier alpha value is -2.77. The van der Waals surface area contributed by atoms with Gasteiger partial charge < -0.3 is 29.6 Å². The lowest BCUT2D eigenvalue weighted by Gasteiger charge is -2.56. The van der Waals surface area contributed by atoms with E-state index in [0.717, 1.165) is 74.9 Å². The van der Waals surface area contributed by atoms with Crippen LogP contribution in [0.3, 0.4) is 0 Å². The van der Waals surface area contributed by atoms with Crippen molar-refractivity contribution in [2.24, 2.45) is 47.3 Å². The van der Waals surface area contributed by atoms with Crippen molar-refractivity contribution in [2.45, 2.75) is 202 Å². The predicted molar refractivity (Wildman–Crippen MR) is 242 cm³/mol. The summed E-state index contributed by atoms with van der Waals surface area (Å²) in [4.78, 5) is 14.6. The van der Waals surface area contributed by atoms with Gasteiger partial charge in [-0.2, -0.15) is 0 Å². The van der Waals surface area contributed by atoms with Crippen molar-refractivity contribution in [1.29, 1.82) is 0 Å². The second-order valence-corrected chi connectivity index (χ2v) is 22.9. The summed E-state index contributed by atoms with van der Waals surface area (Å²) in [5, 5.41) is 7.81. The molecule has 6 saturated carbocycles. The van der Waals surface area contributed by atoms with Gasteiger partial charge in [-0.25, -0.2) is 4.79 Å². The van der Waals surface area contributed by atoms with Gasteiger partial charge in [0, 0.05) is 34.7 Å². The van der Waals surface area contributed by atoms with Crippen LogP contribution in [0.25, 0.3) is 0 Å². The number of ether oxygens (including phenoxy) is 4. The molecule has 62 heavy (non-hydrogen) atoms. The van der Waals surface area contributed by atoms with Gasteiger partial charge in [-0.05, 0) is 185 Å². The van der Waals surface area contributed by atoms with Gasteiger partial charge in [-0.15, -0.1) is 0 Å². The Bertz CT molecular complexity index is 1810. The third-order valence-corrected chi connectivity index (χ3v) is 20.1. The minimum absolute atomic E-state index is 0.149. The number of nitrogens with one attached hydrogen (secondary N) is 2. The summed E-state index contributed by atoms with van der Waals surface area (Å²) < 4.78 is 27.3. The van der Waals surface area contributed by atoms with Gasteiger partial charge in [-0.3, -0.25) is 0 Å². The van der Waals surface area contributed by atoms with E-state index in [0.29, 0.717) is 35.8 Å². The molecule has 2 saturated heterocycles. The fourth-order valence-electron chi connectivity index (χ4n) is 17.2. The smallest absolute Gasteiger partial charge is 0.454 e. The third-order valence-electron chi connectivity index (χ3n) is 20.1. The maximum absolute atomic E-state index is 14.6. The molecule has 2 aromatic rings. The second-order valence-electron chi connectivity index (χ2n) is 22.9. The number of hydrogen-bond donors (Lipinski definition) is 2. The highest BCUT2D eigenvalue weighted by Crippen LogP contribution is 2.56. The van der Waals surface area contributed by atoms with E-state index in [1.807, 2.05) is 0 Å². The molecule has 2 heterocycles. The summed E-state index contributed by atoms with van der Waals surface area (Å²) >= 11 is 0. The van der Waals surface area contributed by atoms with Gasteiger partial charge >= 0.3 is 6.16 Å². The van der Waals surface area contributed by atoms with Gasteiger partial charge in [0.25, 0.3) is 12.6 Å². The second kappa shape index (κ2) is 16.9. The minimum atomic E-state index is -0.680. The molecule has 0 amide bonds. The first-order chi connectivity index (χ1) is 30.5. The highest BCUT2D eigenvalue weighted by Gasteiger charge is 2.53. The van der Waals surface area contributed by atoms with Crippen LogP contribution in [-0.4, -0.2) is 43.9 Å². The number of piperidine rings is 2. The Morgan fingerprint density at radius 2 is 0.968 bits per heavy atom. The van der Waals surface area contributed by atoms with Gasteiger partial charge in [-0.1, -0.05) is 89.2 Å². The fraction of sp³-hybridized carbons (Fsp3) is 0.764. The van der Waals surface area contributed by atoms with Crippen molar-refractivity contribution in [1.82, 2.24) is 10.6 Å². The topological polar surface area (TPSA) is 78.1 Å². The number of fused-ring (bicyclic) bond motifs is 4. The van der Waals surface area contributed by atoms with E-state index in [1.54, 1.807) is 0 Å². The van der Waals surface area contributed by atoms with Crippen molar-refractivity contribution in [3.63, 3.8) is 0 Å². The summed E-state index contributed by atoms with van der Waals surface area (Å²) in [7, 11) is 0. The molecule has 0 radical (unpaired) electrons. The number of hydrogen-bond acceptors (Lipinski definition) is 7. The molecule has 14 atom stereocenters. The third kappa shape index (κ3) is 7.32. The van der Waals surface area contributed by atoms with Gasteiger partial charge in [0.1, 0.15) is 11.5 Å². The summed E-state index contributed by atoms with van der Waals surface area (Å²) in [6.45, 7) is 2.20. The average Bonchev–Trinajstić information content (AvgIpc) is 3.31. The normalized spacial score (nSPS) is 40.3. The molecular formula is C55H76N2O5. The number of rotatable bonds is 8. The maximum atomic E-state index is 14.6. The Labute approximate surface area is 372 Å². The zero-order chi connectivity index (χ0) is 41.3. The molecule has 12 rings (SSSR count). The molecule has 10 aliphatic rings. The largest absolute Gasteiger partial charge is 0.514 e. The van der Waals surface area contributed by atoms with Crippen molar-refractivity contribution in [2.75, 3.05) is 13.1 Å². The van der Waals surface area contributed by atoms with E-state index in [-0.39, 0.29) is 22.7 Å².